The summed E-state index contributed by atoms with van der Waals surface area (Å²) >= 11 is 5.12. The maximum atomic E-state index is 5.12. The molecule has 0 radical (unpaired) electrons. The molecule has 0 aliphatic rings. The molecule has 88 valence electrons. The zero-order valence-electron chi connectivity index (χ0n) is 10.6. The zero-order valence-corrected chi connectivity index (χ0v) is 11.4. The Morgan fingerprint density at radius 3 is 2.24 bits per heavy atom. The Morgan fingerprint density at radius 1 is 0.941 bits per heavy atom. The maximum absolute atomic E-state index is 5.12. The van der Waals surface area contributed by atoms with Crippen LogP contribution in [-0.2, 0) is 0 Å². The number of H-pyrrole nitrogens is 1. The number of aromatic nitrogens is 2. The monoisotopic (exact) mass is 244 g/mol. The number of benzene rings is 1. The molecule has 0 saturated heterocycles. The van der Waals surface area contributed by atoms with Gasteiger partial charge in [0.05, 0.1) is 5.69 Å². The molecule has 1 aromatic heterocycles. The first-order valence-electron chi connectivity index (χ1n) is 5.63. The molecule has 2 rings (SSSR count). The van der Waals surface area contributed by atoms with Crippen LogP contribution in [0.25, 0.3) is 11.3 Å². The summed E-state index contributed by atoms with van der Waals surface area (Å²) in [7, 11) is 0. The van der Waals surface area contributed by atoms with Gasteiger partial charge < -0.3 is 4.98 Å². The Hall–Kier alpha value is -1.48. The molecule has 3 heteroatoms. The number of rotatable bonds is 1. The lowest BCUT2D eigenvalue weighted by Crippen LogP contribution is -1.94. The number of nitrogens with one attached hydrogen (secondary N) is 1. The highest BCUT2D eigenvalue weighted by molar-refractivity contribution is 7.71. The van der Waals surface area contributed by atoms with Gasteiger partial charge in [-0.3, -0.25) is 0 Å². The highest BCUT2D eigenvalue weighted by Gasteiger charge is 2.06. The quantitative estimate of drug-likeness (QED) is 0.767. The van der Waals surface area contributed by atoms with Gasteiger partial charge in [-0.15, -0.1) is 0 Å². The topological polar surface area (TPSA) is 28.7 Å². The summed E-state index contributed by atoms with van der Waals surface area (Å²) in [5.41, 5.74) is 6.98. The summed E-state index contributed by atoms with van der Waals surface area (Å²) in [5.74, 6) is 0. The van der Waals surface area contributed by atoms with Crippen LogP contribution in [0.3, 0.4) is 0 Å². The lowest BCUT2D eigenvalue weighted by Gasteiger charge is -2.09. The van der Waals surface area contributed by atoms with Gasteiger partial charge in [-0.2, -0.15) is 0 Å². The van der Waals surface area contributed by atoms with Crippen LogP contribution < -0.4 is 0 Å². The Bertz CT molecular complexity index is 627. The standard InChI is InChI=1S/C14H16N2S/c1-8-5-10(3)12(6-9(8)2)13-7-11(4)15-14(17)16-13/h5-7H,1-4H3,(H,15,16,17). The molecule has 1 heterocycles. The average molecular weight is 244 g/mol. The summed E-state index contributed by atoms with van der Waals surface area (Å²) in [6.45, 7) is 8.35. The summed E-state index contributed by atoms with van der Waals surface area (Å²) in [5, 5.41) is 0. The normalized spacial score (nSPS) is 10.6. The molecule has 17 heavy (non-hydrogen) atoms. The van der Waals surface area contributed by atoms with Crippen molar-refractivity contribution in [3.8, 4) is 11.3 Å². The van der Waals surface area contributed by atoms with E-state index in [9.17, 15) is 0 Å². The average Bonchev–Trinajstić information content (AvgIpc) is 2.22. The Kier molecular flexibility index (Phi) is 3.11. The van der Waals surface area contributed by atoms with Crippen LogP contribution in [0.1, 0.15) is 22.4 Å². The fraction of sp³-hybridized carbons (Fsp3) is 0.286. The van der Waals surface area contributed by atoms with E-state index < -0.39 is 0 Å². The predicted molar refractivity (Wildman–Crippen MR) is 73.8 cm³/mol. The van der Waals surface area contributed by atoms with Gasteiger partial charge in [0.1, 0.15) is 0 Å². The first-order chi connectivity index (χ1) is 7.97. The van der Waals surface area contributed by atoms with Gasteiger partial charge in [0.25, 0.3) is 0 Å². The summed E-state index contributed by atoms with van der Waals surface area (Å²) in [6.07, 6.45) is 0. The van der Waals surface area contributed by atoms with E-state index >= 15 is 0 Å². The minimum absolute atomic E-state index is 0.539. The summed E-state index contributed by atoms with van der Waals surface area (Å²) in [6, 6.07) is 6.41. The van der Waals surface area contributed by atoms with Crippen molar-refractivity contribution in [1.29, 1.82) is 0 Å². The predicted octanol–water partition coefficient (Wildman–Crippen LogP) is 4.04. The number of aromatic amines is 1. The highest BCUT2D eigenvalue weighted by atomic mass is 32.1. The molecule has 1 aromatic carbocycles. The van der Waals surface area contributed by atoms with Crippen LogP contribution in [0.4, 0.5) is 0 Å². The largest absolute Gasteiger partial charge is 0.335 e. The van der Waals surface area contributed by atoms with Crippen LogP contribution in [0.2, 0.25) is 0 Å². The van der Waals surface area contributed by atoms with Gasteiger partial charge in [-0.05, 0) is 68.7 Å². The van der Waals surface area contributed by atoms with Crippen molar-refractivity contribution < 1.29 is 0 Å². The third kappa shape index (κ3) is 2.44. The fourth-order valence-corrected chi connectivity index (χ4v) is 2.21. The van der Waals surface area contributed by atoms with E-state index in [-0.39, 0.29) is 0 Å². The Labute approximate surface area is 107 Å². The fourth-order valence-electron chi connectivity index (χ4n) is 1.95. The smallest absolute Gasteiger partial charge is 0.197 e. The molecule has 0 unspecified atom stereocenters. The number of hydrogen-bond acceptors (Lipinski definition) is 2. The van der Waals surface area contributed by atoms with Gasteiger partial charge in [0.2, 0.25) is 0 Å². The van der Waals surface area contributed by atoms with Gasteiger partial charge in [0, 0.05) is 11.3 Å². The van der Waals surface area contributed by atoms with Crippen molar-refractivity contribution in [1.82, 2.24) is 9.97 Å². The molecule has 0 saturated carbocycles. The molecular formula is C14H16N2S. The molecule has 2 nitrogen and oxygen atoms in total. The third-order valence-corrected chi connectivity index (χ3v) is 3.19. The molecule has 0 aliphatic heterocycles. The van der Waals surface area contributed by atoms with Crippen molar-refractivity contribution >= 4 is 12.2 Å². The van der Waals surface area contributed by atoms with E-state index in [0.717, 1.165) is 17.0 Å². The molecule has 2 aromatic rings. The van der Waals surface area contributed by atoms with Crippen LogP contribution in [0.5, 0.6) is 0 Å². The summed E-state index contributed by atoms with van der Waals surface area (Å²) in [4.78, 5) is 7.42. The Balaban J connectivity index is 2.68. The molecule has 0 amide bonds. The number of aryl methyl sites for hydroxylation is 4. The van der Waals surface area contributed by atoms with Crippen LogP contribution >= 0.6 is 12.2 Å². The van der Waals surface area contributed by atoms with E-state index in [4.69, 9.17) is 12.2 Å². The van der Waals surface area contributed by atoms with Gasteiger partial charge in [-0.25, -0.2) is 4.98 Å². The Morgan fingerprint density at radius 2 is 1.59 bits per heavy atom. The van der Waals surface area contributed by atoms with Crippen molar-refractivity contribution in [2.75, 3.05) is 0 Å². The second-order valence-electron chi connectivity index (χ2n) is 4.51. The van der Waals surface area contributed by atoms with Crippen LogP contribution in [0, 0.1) is 32.5 Å². The van der Waals surface area contributed by atoms with E-state index in [0.29, 0.717) is 4.77 Å². The van der Waals surface area contributed by atoms with Crippen molar-refractivity contribution in [3.05, 3.63) is 45.4 Å². The van der Waals surface area contributed by atoms with Gasteiger partial charge >= 0.3 is 0 Å². The SMILES string of the molecule is Cc1cc(-c2cc(C)c(C)cc2C)nc(=S)[nH]1. The van der Waals surface area contributed by atoms with Crippen molar-refractivity contribution in [3.63, 3.8) is 0 Å². The first-order valence-corrected chi connectivity index (χ1v) is 6.04. The number of nitrogens with zero attached hydrogens (tertiary/aromatic N) is 1. The van der Waals surface area contributed by atoms with E-state index in [1.54, 1.807) is 0 Å². The lowest BCUT2D eigenvalue weighted by atomic mass is 9.98. The summed E-state index contributed by atoms with van der Waals surface area (Å²) < 4.78 is 0.539. The molecule has 1 N–H and O–H groups in total. The minimum Gasteiger partial charge on any atom is -0.335 e. The van der Waals surface area contributed by atoms with E-state index in [1.165, 1.54) is 16.7 Å². The second-order valence-corrected chi connectivity index (χ2v) is 4.89. The maximum Gasteiger partial charge on any atom is 0.197 e. The van der Waals surface area contributed by atoms with Crippen LogP contribution in [0.15, 0.2) is 18.2 Å². The third-order valence-electron chi connectivity index (χ3n) is 3.00. The van der Waals surface area contributed by atoms with Gasteiger partial charge in [0.15, 0.2) is 4.77 Å². The first kappa shape index (κ1) is 12.0. The van der Waals surface area contributed by atoms with Gasteiger partial charge in [-0.1, -0.05) is 6.07 Å². The molecular weight excluding hydrogens is 228 g/mol. The minimum atomic E-state index is 0.539. The van der Waals surface area contributed by atoms with Crippen molar-refractivity contribution in [2.45, 2.75) is 27.7 Å². The molecule has 0 fully saturated rings. The number of hydrogen-bond donors (Lipinski definition) is 1. The van der Waals surface area contributed by atoms with E-state index in [1.807, 2.05) is 13.0 Å². The van der Waals surface area contributed by atoms with E-state index in [2.05, 4.69) is 42.9 Å². The molecule has 0 atom stereocenters. The van der Waals surface area contributed by atoms with Crippen molar-refractivity contribution in [2.24, 2.45) is 0 Å². The zero-order chi connectivity index (χ0) is 12.6. The highest BCUT2D eigenvalue weighted by Crippen LogP contribution is 2.24. The lowest BCUT2D eigenvalue weighted by molar-refractivity contribution is 1.08. The van der Waals surface area contributed by atoms with Crippen LogP contribution in [-0.4, -0.2) is 9.97 Å². The molecule has 0 aliphatic carbocycles. The molecule has 0 bridgehead atoms. The molecule has 0 spiro atoms. The second kappa shape index (κ2) is 4.41.